The molecule has 0 saturated heterocycles. The maximum Gasteiger partial charge on any atom is 0.269 e. The van der Waals surface area contributed by atoms with Gasteiger partial charge in [0, 0.05) is 18.7 Å². The summed E-state index contributed by atoms with van der Waals surface area (Å²) in [5.41, 5.74) is 6.10. The Morgan fingerprint density at radius 2 is 2.33 bits per heavy atom. The molecule has 0 aliphatic carbocycles. The molecule has 5 heteroatoms. The summed E-state index contributed by atoms with van der Waals surface area (Å²) in [6.07, 6.45) is 0.914. The van der Waals surface area contributed by atoms with E-state index in [-0.39, 0.29) is 11.9 Å². The van der Waals surface area contributed by atoms with Crippen molar-refractivity contribution >= 4 is 11.7 Å². The van der Waals surface area contributed by atoms with E-state index in [1.54, 1.807) is 10.7 Å². The number of amides is 1. The normalized spacial score (nSPS) is 10.7. The number of rotatable bonds is 4. The smallest absolute Gasteiger partial charge is 0.269 e. The van der Waals surface area contributed by atoms with E-state index in [4.69, 9.17) is 5.73 Å². The summed E-state index contributed by atoms with van der Waals surface area (Å²) in [6.45, 7) is 6.60. The number of hydrogen-bond acceptors (Lipinski definition) is 3. The van der Waals surface area contributed by atoms with Crippen molar-refractivity contribution in [1.82, 2.24) is 15.1 Å². The quantitative estimate of drug-likeness (QED) is 0.784. The summed E-state index contributed by atoms with van der Waals surface area (Å²) in [6, 6.07) is 1.73. The molecule has 1 amide bonds. The van der Waals surface area contributed by atoms with Gasteiger partial charge < -0.3 is 11.1 Å². The Balaban J connectivity index is 2.87. The second-order valence-electron chi connectivity index (χ2n) is 3.75. The minimum atomic E-state index is -0.116. The van der Waals surface area contributed by atoms with Gasteiger partial charge in [-0.1, -0.05) is 6.92 Å². The SMILES string of the molecule is CCCNC(=O)c1cc(N)nn1C(C)C. The molecular formula is C10H18N4O. The fraction of sp³-hybridized carbons (Fsp3) is 0.600. The molecule has 0 radical (unpaired) electrons. The van der Waals surface area contributed by atoms with Crippen LogP contribution in [-0.2, 0) is 0 Å². The van der Waals surface area contributed by atoms with Gasteiger partial charge in [-0.05, 0) is 20.3 Å². The summed E-state index contributed by atoms with van der Waals surface area (Å²) >= 11 is 0. The second-order valence-corrected chi connectivity index (χ2v) is 3.75. The van der Waals surface area contributed by atoms with E-state index in [9.17, 15) is 4.79 Å². The van der Waals surface area contributed by atoms with Crippen molar-refractivity contribution in [3.05, 3.63) is 11.8 Å². The highest BCUT2D eigenvalue weighted by molar-refractivity contribution is 5.93. The van der Waals surface area contributed by atoms with Crippen molar-refractivity contribution < 1.29 is 4.79 Å². The fourth-order valence-corrected chi connectivity index (χ4v) is 1.31. The molecule has 0 aliphatic heterocycles. The Bertz CT molecular complexity index is 343. The van der Waals surface area contributed by atoms with Crippen LogP contribution in [0.3, 0.4) is 0 Å². The van der Waals surface area contributed by atoms with Crippen molar-refractivity contribution in [2.24, 2.45) is 0 Å². The highest BCUT2D eigenvalue weighted by atomic mass is 16.2. The van der Waals surface area contributed by atoms with Crippen LogP contribution in [0, 0.1) is 0 Å². The predicted octanol–water partition coefficient (Wildman–Crippen LogP) is 1.19. The number of carbonyl (C=O) groups excluding carboxylic acids is 1. The number of hydrogen-bond donors (Lipinski definition) is 2. The lowest BCUT2D eigenvalue weighted by molar-refractivity contribution is 0.0941. The van der Waals surface area contributed by atoms with Crippen LogP contribution in [0.25, 0.3) is 0 Å². The van der Waals surface area contributed by atoms with E-state index in [1.807, 2.05) is 20.8 Å². The Kier molecular flexibility index (Phi) is 3.71. The van der Waals surface area contributed by atoms with Crippen molar-refractivity contribution in [3.63, 3.8) is 0 Å². The number of anilines is 1. The molecule has 0 saturated carbocycles. The molecule has 15 heavy (non-hydrogen) atoms. The maximum atomic E-state index is 11.7. The molecule has 0 aromatic carbocycles. The molecule has 0 unspecified atom stereocenters. The first-order valence-corrected chi connectivity index (χ1v) is 5.19. The van der Waals surface area contributed by atoms with E-state index in [1.165, 1.54) is 0 Å². The zero-order valence-electron chi connectivity index (χ0n) is 9.45. The van der Waals surface area contributed by atoms with Gasteiger partial charge in [0.1, 0.15) is 11.5 Å². The molecule has 1 heterocycles. The molecule has 1 rings (SSSR count). The van der Waals surface area contributed by atoms with Crippen molar-refractivity contribution in [3.8, 4) is 0 Å². The third-order valence-corrected chi connectivity index (χ3v) is 2.01. The molecule has 3 N–H and O–H groups in total. The zero-order valence-corrected chi connectivity index (χ0v) is 9.45. The summed E-state index contributed by atoms with van der Waals surface area (Å²) in [7, 11) is 0. The molecule has 0 bridgehead atoms. The first-order valence-electron chi connectivity index (χ1n) is 5.19. The summed E-state index contributed by atoms with van der Waals surface area (Å²) in [5.74, 6) is 0.264. The Morgan fingerprint density at radius 1 is 1.67 bits per heavy atom. The van der Waals surface area contributed by atoms with Gasteiger partial charge in [0.25, 0.3) is 5.91 Å². The lowest BCUT2D eigenvalue weighted by Crippen LogP contribution is -2.27. The van der Waals surface area contributed by atoms with Crippen molar-refractivity contribution in [1.29, 1.82) is 0 Å². The van der Waals surface area contributed by atoms with Gasteiger partial charge in [-0.2, -0.15) is 5.10 Å². The lowest BCUT2D eigenvalue weighted by atomic mass is 10.3. The first kappa shape index (κ1) is 11.6. The Hall–Kier alpha value is -1.52. The molecule has 0 atom stereocenters. The van der Waals surface area contributed by atoms with E-state index < -0.39 is 0 Å². The number of nitrogens with two attached hydrogens (primary N) is 1. The number of aromatic nitrogens is 2. The highest BCUT2D eigenvalue weighted by Gasteiger charge is 2.15. The minimum Gasteiger partial charge on any atom is -0.382 e. The maximum absolute atomic E-state index is 11.7. The topological polar surface area (TPSA) is 72.9 Å². The molecule has 0 fully saturated rings. The average molecular weight is 210 g/mol. The van der Waals surface area contributed by atoms with E-state index in [0.717, 1.165) is 6.42 Å². The van der Waals surface area contributed by atoms with Crippen molar-refractivity contribution in [2.45, 2.75) is 33.2 Å². The third-order valence-electron chi connectivity index (χ3n) is 2.01. The van der Waals surface area contributed by atoms with E-state index >= 15 is 0 Å². The van der Waals surface area contributed by atoms with Crippen LogP contribution in [0.4, 0.5) is 5.82 Å². The number of nitrogens with one attached hydrogen (secondary N) is 1. The lowest BCUT2D eigenvalue weighted by Gasteiger charge is -2.10. The molecule has 84 valence electrons. The van der Waals surface area contributed by atoms with Crippen LogP contribution in [0.15, 0.2) is 6.07 Å². The fourth-order valence-electron chi connectivity index (χ4n) is 1.31. The summed E-state index contributed by atoms with van der Waals surface area (Å²) in [5, 5.41) is 6.87. The van der Waals surface area contributed by atoms with Gasteiger partial charge >= 0.3 is 0 Å². The third kappa shape index (κ3) is 2.71. The van der Waals surface area contributed by atoms with Gasteiger partial charge in [-0.25, -0.2) is 0 Å². The molecule has 5 nitrogen and oxygen atoms in total. The monoisotopic (exact) mass is 210 g/mol. The van der Waals surface area contributed by atoms with Gasteiger partial charge in [0.2, 0.25) is 0 Å². The first-order chi connectivity index (χ1) is 7.06. The number of nitrogen functional groups attached to an aromatic ring is 1. The molecule has 0 spiro atoms. The number of carbonyl (C=O) groups is 1. The van der Waals surface area contributed by atoms with Crippen LogP contribution in [0.1, 0.15) is 43.7 Å². The van der Waals surface area contributed by atoms with Gasteiger partial charge in [-0.15, -0.1) is 0 Å². The predicted molar refractivity (Wildman–Crippen MR) is 59.6 cm³/mol. The second kappa shape index (κ2) is 4.82. The molecule has 0 aliphatic rings. The van der Waals surface area contributed by atoms with Crippen LogP contribution in [0.5, 0.6) is 0 Å². The zero-order chi connectivity index (χ0) is 11.4. The van der Waals surface area contributed by atoms with Crippen LogP contribution >= 0.6 is 0 Å². The van der Waals surface area contributed by atoms with Gasteiger partial charge in [0.05, 0.1) is 0 Å². The van der Waals surface area contributed by atoms with E-state index in [0.29, 0.717) is 18.1 Å². The van der Waals surface area contributed by atoms with Crippen LogP contribution < -0.4 is 11.1 Å². The van der Waals surface area contributed by atoms with Gasteiger partial charge in [-0.3, -0.25) is 9.48 Å². The Morgan fingerprint density at radius 3 is 2.87 bits per heavy atom. The highest BCUT2D eigenvalue weighted by Crippen LogP contribution is 2.12. The summed E-state index contributed by atoms with van der Waals surface area (Å²) in [4.78, 5) is 11.7. The Labute approximate surface area is 89.6 Å². The standard InChI is InChI=1S/C10H18N4O/c1-4-5-12-10(15)8-6-9(11)13-14(8)7(2)3/h6-7H,4-5H2,1-3H3,(H2,11,13)(H,12,15). The van der Waals surface area contributed by atoms with Gasteiger partial charge in [0.15, 0.2) is 0 Å². The molecule has 1 aromatic rings. The van der Waals surface area contributed by atoms with Crippen LogP contribution in [0.2, 0.25) is 0 Å². The van der Waals surface area contributed by atoms with Crippen molar-refractivity contribution in [2.75, 3.05) is 12.3 Å². The molecule has 1 aromatic heterocycles. The number of nitrogens with zero attached hydrogens (tertiary/aromatic N) is 2. The van der Waals surface area contributed by atoms with E-state index in [2.05, 4.69) is 10.4 Å². The van der Waals surface area contributed by atoms with Crippen LogP contribution in [-0.4, -0.2) is 22.2 Å². The summed E-state index contributed by atoms with van der Waals surface area (Å²) < 4.78 is 1.64. The average Bonchev–Trinajstić information content (AvgIpc) is 2.57. The minimum absolute atomic E-state index is 0.116. The largest absolute Gasteiger partial charge is 0.382 e. The molecular weight excluding hydrogens is 192 g/mol.